The van der Waals surface area contributed by atoms with Gasteiger partial charge in [0.15, 0.2) is 0 Å². The van der Waals surface area contributed by atoms with Crippen molar-refractivity contribution in [3.05, 3.63) is 29.8 Å². The molecule has 1 aliphatic heterocycles. The van der Waals surface area contributed by atoms with Crippen LogP contribution in [0.5, 0.6) is 0 Å². The van der Waals surface area contributed by atoms with Gasteiger partial charge in [-0.05, 0) is 31.2 Å². The highest BCUT2D eigenvalue weighted by molar-refractivity contribution is 5.54. The van der Waals surface area contributed by atoms with Crippen LogP contribution < -0.4 is 4.90 Å². The molecule has 94 valence electrons. The summed E-state index contributed by atoms with van der Waals surface area (Å²) in [5.41, 5.74) is 2.26. The van der Waals surface area contributed by atoms with Gasteiger partial charge < -0.3 is 10.0 Å². The topological polar surface area (TPSA) is 23.5 Å². The lowest BCUT2D eigenvalue weighted by Crippen LogP contribution is -2.39. The Balaban J connectivity index is 2.22. The smallest absolute Gasteiger partial charge is 0.0781 e. The van der Waals surface area contributed by atoms with Crippen molar-refractivity contribution in [1.29, 1.82) is 0 Å². The van der Waals surface area contributed by atoms with Crippen molar-refractivity contribution in [1.82, 2.24) is 0 Å². The number of aliphatic hydroxyl groups is 1. The molecule has 2 rings (SSSR count). The van der Waals surface area contributed by atoms with E-state index in [4.69, 9.17) is 0 Å². The third-order valence-corrected chi connectivity index (χ3v) is 4.06. The number of rotatable bonds is 2. The number of para-hydroxylation sites is 1. The standard InChI is InChI=1S/C15H23NO/c1-11-8-9-16(10-12(11)2)15-7-5-4-6-14(15)13(3)17/h4-7,11-13,17H,8-10H2,1-3H3/t11?,12?,13-/m1/s1. The zero-order chi connectivity index (χ0) is 12.4. The zero-order valence-electron chi connectivity index (χ0n) is 11.1. The molecule has 0 amide bonds. The SMILES string of the molecule is CC1CCN(c2ccccc2[C@@H](C)O)CC1C. The molecular weight excluding hydrogens is 210 g/mol. The lowest BCUT2D eigenvalue weighted by molar-refractivity contribution is 0.199. The molecule has 0 aromatic heterocycles. The summed E-state index contributed by atoms with van der Waals surface area (Å²) >= 11 is 0. The van der Waals surface area contributed by atoms with Gasteiger partial charge in [0.05, 0.1) is 6.10 Å². The van der Waals surface area contributed by atoms with Crippen molar-refractivity contribution in [2.45, 2.75) is 33.3 Å². The molecule has 1 aliphatic rings. The minimum atomic E-state index is -0.388. The molecule has 1 aromatic rings. The quantitative estimate of drug-likeness (QED) is 0.847. The van der Waals surface area contributed by atoms with E-state index in [1.54, 1.807) is 0 Å². The molecular formula is C15H23NO. The Morgan fingerprint density at radius 3 is 2.59 bits per heavy atom. The first kappa shape index (κ1) is 12.4. The molecule has 0 bridgehead atoms. The number of anilines is 1. The van der Waals surface area contributed by atoms with Crippen molar-refractivity contribution in [2.24, 2.45) is 11.8 Å². The predicted octanol–water partition coefficient (Wildman–Crippen LogP) is 3.22. The van der Waals surface area contributed by atoms with Gasteiger partial charge in [-0.2, -0.15) is 0 Å². The largest absolute Gasteiger partial charge is 0.389 e. The maximum Gasteiger partial charge on any atom is 0.0781 e. The second kappa shape index (κ2) is 5.09. The second-order valence-electron chi connectivity index (χ2n) is 5.42. The molecule has 1 saturated heterocycles. The maximum atomic E-state index is 9.83. The van der Waals surface area contributed by atoms with E-state index in [0.29, 0.717) is 0 Å². The summed E-state index contributed by atoms with van der Waals surface area (Å²) < 4.78 is 0. The third-order valence-electron chi connectivity index (χ3n) is 4.06. The highest BCUT2D eigenvalue weighted by Crippen LogP contribution is 2.31. The second-order valence-corrected chi connectivity index (χ2v) is 5.42. The number of benzene rings is 1. The summed E-state index contributed by atoms with van der Waals surface area (Å²) in [6.07, 6.45) is 0.857. The normalized spacial score (nSPS) is 26.9. The van der Waals surface area contributed by atoms with Crippen LogP contribution in [-0.2, 0) is 0 Å². The summed E-state index contributed by atoms with van der Waals surface area (Å²) in [4.78, 5) is 2.42. The molecule has 1 N–H and O–H groups in total. The molecule has 1 heterocycles. The zero-order valence-corrected chi connectivity index (χ0v) is 11.1. The van der Waals surface area contributed by atoms with E-state index < -0.39 is 0 Å². The van der Waals surface area contributed by atoms with Crippen LogP contribution in [0.15, 0.2) is 24.3 Å². The number of aliphatic hydroxyl groups excluding tert-OH is 1. The van der Waals surface area contributed by atoms with Crippen LogP contribution in [0.2, 0.25) is 0 Å². The lowest BCUT2D eigenvalue weighted by atomic mass is 9.88. The first-order valence-corrected chi connectivity index (χ1v) is 6.61. The molecule has 1 aromatic carbocycles. The fraction of sp³-hybridized carbons (Fsp3) is 0.600. The summed E-state index contributed by atoms with van der Waals surface area (Å²) in [5.74, 6) is 1.54. The van der Waals surface area contributed by atoms with Crippen LogP contribution in [0.4, 0.5) is 5.69 Å². The van der Waals surface area contributed by atoms with Gasteiger partial charge in [0.2, 0.25) is 0 Å². The number of piperidine rings is 1. The molecule has 1 fully saturated rings. The number of hydrogen-bond donors (Lipinski definition) is 1. The van der Waals surface area contributed by atoms with Crippen LogP contribution in [0.1, 0.15) is 38.9 Å². The van der Waals surface area contributed by atoms with Crippen LogP contribution in [0, 0.1) is 11.8 Å². The van der Waals surface area contributed by atoms with Crippen molar-refractivity contribution in [3.8, 4) is 0 Å². The Morgan fingerprint density at radius 1 is 1.24 bits per heavy atom. The Labute approximate surface area is 104 Å². The van der Waals surface area contributed by atoms with Gasteiger partial charge in [-0.15, -0.1) is 0 Å². The summed E-state index contributed by atoms with van der Waals surface area (Å²) in [6, 6.07) is 8.22. The fourth-order valence-corrected chi connectivity index (χ4v) is 2.61. The molecule has 0 spiro atoms. The Morgan fingerprint density at radius 2 is 1.94 bits per heavy atom. The Bertz CT molecular complexity index is 375. The van der Waals surface area contributed by atoms with E-state index >= 15 is 0 Å². The number of hydrogen-bond acceptors (Lipinski definition) is 2. The van der Waals surface area contributed by atoms with E-state index in [9.17, 15) is 5.11 Å². The van der Waals surface area contributed by atoms with E-state index in [0.717, 1.165) is 30.5 Å². The first-order chi connectivity index (χ1) is 8.09. The summed E-state index contributed by atoms with van der Waals surface area (Å²) in [7, 11) is 0. The van der Waals surface area contributed by atoms with Crippen LogP contribution in [0.25, 0.3) is 0 Å². The van der Waals surface area contributed by atoms with Gasteiger partial charge in [0, 0.05) is 24.3 Å². The van der Waals surface area contributed by atoms with Crippen molar-refractivity contribution in [2.75, 3.05) is 18.0 Å². The molecule has 0 saturated carbocycles. The molecule has 0 aliphatic carbocycles. The molecule has 0 radical (unpaired) electrons. The molecule has 17 heavy (non-hydrogen) atoms. The monoisotopic (exact) mass is 233 g/mol. The van der Waals surface area contributed by atoms with Gasteiger partial charge in [-0.1, -0.05) is 32.0 Å². The van der Waals surface area contributed by atoms with E-state index in [2.05, 4.69) is 30.9 Å². The summed E-state index contributed by atoms with van der Waals surface area (Å²) in [5, 5.41) is 9.83. The van der Waals surface area contributed by atoms with Crippen molar-refractivity contribution < 1.29 is 5.11 Å². The minimum absolute atomic E-state index is 0.388. The Kier molecular flexibility index (Phi) is 3.72. The average molecular weight is 233 g/mol. The first-order valence-electron chi connectivity index (χ1n) is 6.61. The van der Waals surface area contributed by atoms with Crippen LogP contribution in [-0.4, -0.2) is 18.2 Å². The Hall–Kier alpha value is -1.02. The highest BCUT2D eigenvalue weighted by Gasteiger charge is 2.24. The van der Waals surface area contributed by atoms with E-state index in [1.807, 2.05) is 19.1 Å². The highest BCUT2D eigenvalue weighted by atomic mass is 16.3. The van der Waals surface area contributed by atoms with Crippen molar-refractivity contribution >= 4 is 5.69 Å². The van der Waals surface area contributed by atoms with E-state index in [1.165, 1.54) is 12.1 Å². The maximum absolute atomic E-state index is 9.83. The minimum Gasteiger partial charge on any atom is -0.389 e. The molecule has 2 nitrogen and oxygen atoms in total. The third kappa shape index (κ3) is 2.63. The lowest BCUT2D eigenvalue weighted by Gasteiger charge is -2.38. The predicted molar refractivity (Wildman–Crippen MR) is 72.2 cm³/mol. The van der Waals surface area contributed by atoms with Gasteiger partial charge in [0.1, 0.15) is 0 Å². The molecule has 2 unspecified atom stereocenters. The summed E-state index contributed by atoms with van der Waals surface area (Å²) in [6.45, 7) is 8.71. The van der Waals surface area contributed by atoms with Gasteiger partial charge in [-0.25, -0.2) is 0 Å². The average Bonchev–Trinajstić information content (AvgIpc) is 2.32. The van der Waals surface area contributed by atoms with Gasteiger partial charge in [-0.3, -0.25) is 0 Å². The van der Waals surface area contributed by atoms with Crippen LogP contribution in [0.3, 0.4) is 0 Å². The molecule has 3 atom stereocenters. The van der Waals surface area contributed by atoms with E-state index in [-0.39, 0.29) is 6.10 Å². The van der Waals surface area contributed by atoms with Crippen molar-refractivity contribution in [3.63, 3.8) is 0 Å². The van der Waals surface area contributed by atoms with Gasteiger partial charge in [0.25, 0.3) is 0 Å². The van der Waals surface area contributed by atoms with Gasteiger partial charge >= 0.3 is 0 Å². The number of nitrogens with zero attached hydrogens (tertiary/aromatic N) is 1. The molecule has 2 heteroatoms. The fourth-order valence-electron chi connectivity index (χ4n) is 2.61. The van der Waals surface area contributed by atoms with Crippen LogP contribution >= 0.6 is 0 Å².